The standard InChI is InChI=1S/C23H21N3O5S/c1-26-21(27)23(25-22(26)24,16-11-13-19(14-12-16)31-32(2,28)29)17-7-6-10-20(15-17)30-18-8-4-3-5-9-18/h3-15H,1-2H3,(H2,24,25). The molecule has 1 heterocycles. The van der Waals surface area contributed by atoms with Crippen molar-refractivity contribution in [1.29, 1.82) is 0 Å². The average molecular weight is 452 g/mol. The molecule has 1 amide bonds. The fourth-order valence-corrected chi connectivity index (χ4v) is 3.98. The Balaban J connectivity index is 1.79. The minimum atomic E-state index is -3.68. The molecule has 1 atom stereocenters. The lowest BCUT2D eigenvalue weighted by molar-refractivity contribution is -0.129. The van der Waals surface area contributed by atoms with E-state index in [0.717, 1.165) is 6.26 Å². The molecule has 0 saturated carbocycles. The van der Waals surface area contributed by atoms with E-state index in [0.29, 0.717) is 22.6 Å². The molecule has 3 aromatic rings. The molecule has 164 valence electrons. The zero-order valence-corrected chi connectivity index (χ0v) is 18.2. The minimum Gasteiger partial charge on any atom is -0.457 e. The summed E-state index contributed by atoms with van der Waals surface area (Å²) in [5, 5.41) is 0. The highest BCUT2D eigenvalue weighted by molar-refractivity contribution is 7.86. The second-order valence-electron chi connectivity index (χ2n) is 7.30. The van der Waals surface area contributed by atoms with Crippen molar-refractivity contribution in [2.45, 2.75) is 5.54 Å². The summed E-state index contributed by atoms with van der Waals surface area (Å²) in [6.45, 7) is 0. The number of hydrogen-bond donors (Lipinski definition) is 1. The van der Waals surface area contributed by atoms with Crippen molar-refractivity contribution in [3.63, 3.8) is 0 Å². The van der Waals surface area contributed by atoms with Gasteiger partial charge in [-0.2, -0.15) is 8.42 Å². The van der Waals surface area contributed by atoms with Crippen molar-refractivity contribution in [1.82, 2.24) is 4.90 Å². The molecular weight excluding hydrogens is 430 g/mol. The number of amides is 1. The number of para-hydroxylation sites is 1. The third kappa shape index (κ3) is 4.02. The van der Waals surface area contributed by atoms with E-state index in [2.05, 4.69) is 4.99 Å². The van der Waals surface area contributed by atoms with E-state index in [9.17, 15) is 13.2 Å². The lowest BCUT2D eigenvalue weighted by atomic mass is 9.82. The number of ether oxygens (including phenoxy) is 1. The van der Waals surface area contributed by atoms with Crippen LogP contribution in [0.25, 0.3) is 0 Å². The van der Waals surface area contributed by atoms with Crippen LogP contribution in [0.2, 0.25) is 0 Å². The van der Waals surface area contributed by atoms with Gasteiger partial charge in [-0.15, -0.1) is 0 Å². The Morgan fingerprint density at radius 3 is 2.12 bits per heavy atom. The minimum absolute atomic E-state index is 0.0702. The molecule has 2 N–H and O–H groups in total. The third-order valence-electron chi connectivity index (χ3n) is 4.99. The van der Waals surface area contributed by atoms with Crippen LogP contribution in [0, 0.1) is 0 Å². The van der Waals surface area contributed by atoms with Crippen LogP contribution in [-0.4, -0.2) is 38.5 Å². The highest BCUT2D eigenvalue weighted by Crippen LogP contribution is 2.41. The van der Waals surface area contributed by atoms with E-state index >= 15 is 0 Å². The van der Waals surface area contributed by atoms with Gasteiger partial charge >= 0.3 is 10.1 Å². The Morgan fingerprint density at radius 1 is 0.875 bits per heavy atom. The van der Waals surface area contributed by atoms with Crippen LogP contribution in [0.4, 0.5) is 0 Å². The molecule has 8 nitrogen and oxygen atoms in total. The van der Waals surface area contributed by atoms with Crippen LogP contribution >= 0.6 is 0 Å². The summed E-state index contributed by atoms with van der Waals surface area (Å²) in [4.78, 5) is 19.2. The molecule has 4 rings (SSSR count). The number of carbonyl (C=O) groups excluding carboxylic acids is 1. The smallest absolute Gasteiger partial charge is 0.306 e. The molecule has 1 aliphatic heterocycles. The molecule has 0 aliphatic carbocycles. The first kappa shape index (κ1) is 21.4. The highest BCUT2D eigenvalue weighted by atomic mass is 32.2. The number of rotatable bonds is 6. The van der Waals surface area contributed by atoms with Gasteiger partial charge in [-0.3, -0.25) is 9.69 Å². The Hall–Kier alpha value is -3.85. The van der Waals surface area contributed by atoms with Crippen LogP contribution in [0.15, 0.2) is 83.9 Å². The maximum atomic E-state index is 13.4. The molecule has 0 saturated heterocycles. The van der Waals surface area contributed by atoms with E-state index in [1.54, 1.807) is 43.4 Å². The SMILES string of the molecule is CN1C(=O)C(c2ccc(OS(C)(=O)=O)cc2)(c2cccc(Oc3ccccc3)c2)N=C1N. The van der Waals surface area contributed by atoms with Crippen LogP contribution in [0.3, 0.4) is 0 Å². The Kier molecular flexibility index (Phi) is 5.35. The normalized spacial score (nSPS) is 18.4. The van der Waals surface area contributed by atoms with Gasteiger partial charge in [0.25, 0.3) is 5.91 Å². The number of aliphatic imine (C=N–C) groups is 1. The largest absolute Gasteiger partial charge is 0.457 e. The summed E-state index contributed by atoms with van der Waals surface area (Å²) in [5.74, 6) is 1.04. The zero-order chi connectivity index (χ0) is 22.9. The second-order valence-corrected chi connectivity index (χ2v) is 8.87. The maximum absolute atomic E-state index is 13.4. The summed E-state index contributed by atoms with van der Waals surface area (Å²) >= 11 is 0. The summed E-state index contributed by atoms with van der Waals surface area (Å²) < 4.78 is 33.7. The third-order valence-corrected chi connectivity index (χ3v) is 5.49. The van der Waals surface area contributed by atoms with Crippen LogP contribution < -0.4 is 14.7 Å². The highest BCUT2D eigenvalue weighted by Gasteiger charge is 2.49. The Labute approximate surface area is 186 Å². The van der Waals surface area contributed by atoms with Crippen LogP contribution in [-0.2, 0) is 20.5 Å². The Morgan fingerprint density at radius 2 is 1.53 bits per heavy atom. The quantitative estimate of drug-likeness (QED) is 0.577. The first-order valence-corrected chi connectivity index (χ1v) is 11.5. The van der Waals surface area contributed by atoms with E-state index < -0.39 is 15.7 Å². The number of likely N-dealkylation sites (N-methyl/N-ethyl adjacent to an activating group) is 1. The van der Waals surface area contributed by atoms with Gasteiger partial charge in [0.15, 0.2) is 11.5 Å². The number of guanidine groups is 1. The topological polar surface area (TPSA) is 111 Å². The number of nitrogens with two attached hydrogens (primary N) is 1. The van der Waals surface area contributed by atoms with Crippen molar-refractivity contribution < 1.29 is 22.1 Å². The molecule has 1 aliphatic rings. The van der Waals surface area contributed by atoms with Crippen molar-refractivity contribution >= 4 is 22.0 Å². The fourth-order valence-electron chi connectivity index (χ4n) is 3.52. The molecule has 0 fully saturated rings. The van der Waals surface area contributed by atoms with Gasteiger partial charge in [-0.25, -0.2) is 4.99 Å². The van der Waals surface area contributed by atoms with Gasteiger partial charge in [0, 0.05) is 7.05 Å². The van der Waals surface area contributed by atoms with E-state index in [1.807, 2.05) is 30.3 Å². The van der Waals surface area contributed by atoms with Crippen LogP contribution in [0.1, 0.15) is 11.1 Å². The van der Waals surface area contributed by atoms with Gasteiger partial charge < -0.3 is 14.7 Å². The lowest BCUT2D eigenvalue weighted by Crippen LogP contribution is -2.41. The molecular formula is C23H21N3O5S. The van der Waals surface area contributed by atoms with Crippen LogP contribution in [0.5, 0.6) is 17.2 Å². The number of carbonyl (C=O) groups is 1. The van der Waals surface area contributed by atoms with Crippen molar-refractivity contribution in [3.8, 4) is 17.2 Å². The van der Waals surface area contributed by atoms with E-state index in [-0.39, 0.29) is 17.6 Å². The number of benzene rings is 3. The first-order valence-electron chi connectivity index (χ1n) is 9.66. The molecule has 1 unspecified atom stereocenters. The van der Waals surface area contributed by atoms with Crippen molar-refractivity contribution in [2.75, 3.05) is 13.3 Å². The zero-order valence-electron chi connectivity index (χ0n) is 17.4. The molecule has 0 radical (unpaired) electrons. The number of nitrogens with zero attached hydrogens (tertiary/aromatic N) is 2. The molecule has 0 aromatic heterocycles. The van der Waals surface area contributed by atoms with Gasteiger partial charge in [0.05, 0.1) is 6.26 Å². The maximum Gasteiger partial charge on any atom is 0.306 e. The predicted octanol–water partition coefficient (Wildman–Crippen LogP) is 2.85. The van der Waals surface area contributed by atoms with Gasteiger partial charge in [0.2, 0.25) is 0 Å². The monoisotopic (exact) mass is 451 g/mol. The summed E-state index contributed by atoms with van der Waals surface area (Å²) in [6, 6.07) is 22.5. The van der Waals surface area contributed by atoms with Gasteiger partial charge in [0.1, 0.15) is 17.2 Å². The molecule has 0 bridgehead atoms. The summed E-state index contributed by atoms with van der Waals surface area (Å²) in [6.07, 6.45) is 0.959. The summed E-state index contributed by atoms with van der Waals surface area (Å²) in [7, 11) is -2.13. The second kappa shape index (κ2) is 8.01. The number of hydrogen-bond acceptors (Lipinski definition) is 7. The predicted molar refractivity (Wildman–Crippen MR) is 120 cm³/mol. The van der Waals surface area contributed by atoms with Gasteiger partial charge in [-0.1, -0.05) is 42.5 Å². The first-order chi connectivity index (χ1) is 15.2. The Bertz CT molecular complexity index is 1290. The summed E-state index contributed by atoms with van der Waals surface area (Å²) in [5.41, 5.74) is 5.63. The van der Waals surface area contributed by atoms with E-state index in [4.69, 9.17) is 14.7 Å². The molecule has 0 spiro atoms. The van der Waals surface area contributed by atoms with Crippen molar-refractivity contribution in [3.05, 3.63) is 90.0 Å². The van der Waals surface area contributed by atoms with E-state index in [1.165, 1.54) is 17.0 Å². The van der Waals surface area contributed by atoms with Gasteiger partial charge in [-0.05, 0) is 47.5 Å². The molecule has 9 heteroatoms. The lowest BCUT2D eigenvalue weighted by Gasteiger charge is -2.26. The molecule has 3 aromatic carbocycles. The fraction of sp³-hybridized carbons (Fsp3) is 0.130. The average Bonchev–Trinajstić information content (AvgIpc) is 2.99. The van der Waals surface area contributed by atoms with Crippen molar-refractivity contribution in [2.24, 2.45) is 10.7 Å². The molecule has 32 heavy (non-hydrogen) atoms.